The van der Waals surface area contributed by atoms with Crippen LogP contribution in [-0.4, -0.2) is 18.1 Å². The van der Waals surface area contributed by atoms with Gasteiger partial charge in [-0.15, -0.1) is 0 Å². The highest BCUT2D eigenvalue weighted by Crippen LogP contribution is 2.40. The standard InChI is InChI=1S/C14H32OSi2/c1-11(2)16(13(5,6)7)15-17(12(3)4)14(8,9)10/h11-12H,1-10H3. The Hall–Kier alpha value is 0.394. The summed E-state index contributed by atoms with van der Waals surface area (Å²) in [4.78, 5) is 0. The van der Waals surface area contributed by atoms with Crippen molar-refractivity contribution in [3.63, 3.8) is 0 Å². The average Bonchev–Trinajstić information content (AvgIpc) is 1.96. The number of rotatable bonds is 4. The van der Waals surface area contributed by atoms with Crippen molar-refractivity contribution >= 4 is 18.1 Å². The molecule has 0 saturated heterocycles. The molecule has 0 N–H and O–H groups in total. The highest BCUT2D eigenvalue weighted by Gasteiger charge is 2.40. The van der Waals surface area contributed by atoms with Gasteiger partial charge < -0.3 is 4.12 Å². The van der Waals surface area contributed by atoms with Gasteiger partial charge in [0.15, 0.2) is 0 Å². The van der Waals surface area contributed by atoms with Crippen molar-refractivity contribution in [3.8, 4) is 0 Å². The Morgan fingerprint density at radius 2 is 0.882 bits per heavy atom. The molecule has 102 valence electrons. The van der Waals surface area contributed by atoms with E-state index in [0.29, 0.717) is 21.2 Å². The molecule has 0 spiro atoms. The summed E-state index contributed by atoms with van der Waals surface area (Å²) in [7, 11) is -1.52. The van der Waals surface area contributed by atoms with Gasteiger partial charge in [-0.25, -0.2) is 0 Å². The summed E-state index contributed by atoms with van der Waals surface area (Å²) in [6.45, 7) is 23.3. The van der Waals surface area contributed by atoms with Crippen molar-refractivity contribution in [2.75, 3.05) is 0 Å². The van der Waals surface area contributed by atoms with Gasteiger partial charge in [-0.05, 0) is 21.2 Å². The maximum Gasteiger partial charge on any atom is 0.206 e. The van der Waals surface area contributed by atoms with Crippen LogP contribution in [0.4, 0.5) is 0 Å². The SMILES string of the molecule is CC(C)[Si](O[Si](C(C)C)C(C)(C)C)C(C)(C)C. The van der Waals surface area contributed by atoms with E-state index >= 15 is 0 Å². The van der Waals surface area contributed by atoms with E-state index in [1.54, 1.807) is 0 Å². The smallest absolute Gasteiger partial charge is 0.206 e. The molecule has 2 radical (unpaired) electrons. The first kappa shape index (κ1) is 17.4. The second-order valence-electron chi connectivity index (χ2n) is 7.64. The van der Waals surface area contributed by atoms with E-state index in [1.807, 2.05) is 0 Å². The minimum atomic E-state index is -0.758. The zero-order valence-electron chi connectivity index (χ0n) is 13.6. The van der Waals surface area contributed by atoms with E-state index in [-0.39, 0.29) is 0 Å². The summed E-state index contributed by atoms with van der Waals surface area (Å²) in [6.07, 6.45) is 0. The minimum Gasteiger partial charge on any atom is -0.455 e. The van der Waals surface area contributed by atoms with Crippen molar-refractivity contribution in [1.29, 1.82) is 0 Å². The molecule has 0 amide bonds. The van der Waals surface area contributed by atoms with Crippen LogP contribution < -0.4 is 0 Å². The molecule has 0 rings (SSSR count). The van der Waals surface area contributed by atoms with Crippen LogP contribution in [0.3, 0.4) is 0 Å². The van der Waals surface area contributed by atoms with Crippen LogP contribution in [0.1, 0.15) is 69.2 Å². The van der Waals surface area contributed by atoms with Crippen LogP contribution in [0.2, 0.25) is 21.2 Å². The first-order chi connectivity index (χ1) is 7.37. The van der Waals surface area contributed by atoms with Gasteiger partial charge in [-0.1, -0.05) is 69.2 Å². The Labute approximate surface area is 113 Å². The van der Waals surface area contributed by atoms with Gasteiger partial charge in [0.2, 0.25) is 18.1 Å². The van der Waals surface area contributed by atoms with E-state index in [9.17, 15) is 0 Å². The third-order valence-electron chi connectivity index (χ3n) is 2.75. The minimum absolute atomic E-state index is 0.328. The van der Waals surface area contributed by atoms with Gasteiger partial charge in [0, 0.05) is 0 Å². The molecule has 0 aromatic rings. The monoisotopic (exact) mass is 272 g/mol. The fraction of sp³-hybridized carbons (Fsp3) is 1.00. The largest absolute Gasteiger partial charge is 0.455 e. The Morgan fingerprint density at radius 3 is 1.00 bits per heavy atom. The Kier molecular flexibility index (Phi) is 6.16. The van der Waals surface area contributed by atoms with Crippen molar-refractivity contribution in [3.05, 3.63) is 0 Å². The summed E-state index contributed by atoms with van der Waals surface area (Å²) in [5, 5.41) is 0.657. The van der Waals surface area contributed by atoms with E-state index in [1.165, 1.54) is 0 Å². The van der Waals surface area contributed by atoms with Gasteiger partial charge in [-0.2, -0.15) is 0 Å². The Morgan fingerprint density at radius 1 is 0.647 bits per heavy atom. The number of hydrogen-bond donors (Lipinski definition) is 0. The summed E-state index contributed by atoms with van der Waals surface area (Å²) in [5.41, 5.74) is 1.36. The van der Waals surface area contributed by atoms with E-state index in [4.69, 9.17) is 4.12 Å². The second kappa shape index (κ2) is 6.02. The molecule has 0 saturated carbocycles. The summed E-state index contributed by atoms with van der Waals surface area (Å²) in [6, 6.07) is 0. The lowest BCUT2D eigenvalue weighted by Crippen LogP contribution is -2.43. The topological polar surface area (TPSA) is 9.23 Å². The molecule has 0 fully saturated rings. The molecular weight excluding hydrogens is 240 g/mol. The van der Waals surface area contributed by atoms with Gasteiger partial charge in [0.05, 0.1) is 0 Å². The van der Waals surface area contributed by atoms with Crippen LogP contribution in [0.15, 0.2) is 0 Å². The Balaban J connectivity index is 4.96. The van der Waals surface area contributed by atoms with E-state index in [0.717, 1.165) is 0 Å². The van der Waals surface area contributed by atoms with Crippen molar-refractivity contribution in [2.24, 2.45) is 0 Å². The predicted molar refractivity (Wildman–Crippen MR) is 82.2 cm³/mol. The first-order valence-corrected chi connectivity index (χ1v) is 9.77. The Bertz CT molecular complexity index is 199. The predicted octanol–water partition coefficient (Wildman–Crippen LogP) is 5.41. The van der Waals surface area contributed by atoms with Crippen LogP contribution in [0, 0.1) is 0 Å². The lowest BCUT2D eigenvalue weighted by Gasteiger charge is -2.40. The summed E-state index contributed by atoms with van der Waals surface area (Å²) >= 11 is 0. The number of hydrogen-bond acceptors (Lipinski definition) is 1. The van der Waals surface area contributed by atoms with Crippen LogP contribution in [-0.2, 0) is 4.12 Å². The van der Waals surface area contributed by atoms with Crippen LogP contribution >= 0.6 is 0 Å². The molecule has 0 aliphatic carbocycles. The average molecular weight is 273 g/mol. The molecule has 0 bridgehead atoms. The third kappa shape index (κ3) is 5.71. The first-order valence-electron chi connectivity index (χ1n) is 6.79. The molecule has 0 aliphatic heterocycles. The lowest BCUT2D eigenvalue weighted by molar-refractivity contribution is 0.460. The van der Waals surface area contributed by atoms with Crippen molar-refractivity contribution in [2.45, 2.75) is 90.4 Å². The van der Waals surface area contributed by atoms with E-state index < -0.39 is 18.1 Å². The van der Waals surface area contributed by atoms with Gasteiger partial charge in [-0.3, -0.25) is 0 Å². The second-order valence-corrected chi connectivity index (χ2v) is 15.2. The zero-order valence-corrected chi connectivity index (χ0v) is 15.6. The highest BCUT2D eigenvalue weighted by atomic mass is 28.4. The van der Waals surface area contributed by atoms with Crippen molar-refractivity contribution in [1.82, 2.24) is 0 Å². The fourth-order valence-corrected chi connectivity index (χ4v) is 11.1. The quantitative estimate of drug-likeness (QED) is 0.622. The fourth-order valence-electron chi connectivity index (χ4n) is 2.39. The molecular formula is C14H32OSi2. The molecule has 0 aliphatic rings. The molecule has 0 aromatic heterocycles. The molecule has 0 heterocycles. The molecule has 17 heavy (non-hydrogen) atoms. The highest BCUT2D eigenvalue weighted by molar-refractivity contribution is 6.70. The van der Waals surface area contributed by atoms with Crippen LogP contribution in [0.25, 0.3) is 0 Å². The molecule has 3 heteroatoms. The maximum absolute atomic E-state index is 6.71. The third-order valence-corrected chi connectivity index (χ3v) is 9.56. The summed E-state index contributed by atoms with van der Waals surface area (Å²) in [5.74, 6) is 0. The molecule has 1 nitrogen and oxygen atoms in total. The van der Waals surface area contributed by atoms with Gasteiger partial charge >= 0.3 is 0 Å². The molecule has 0 unspecified atom stereocenters. The molecule has 0 aromatic carbocycles. The summed E-state index contributed by atoms with van der Waals surface area (Å²) < 4.78 is 6.71. The van der Waals surface area contributed by atoms with Crippen molar-refractivity contribution < 1.29 is 4.12 Å². The lowest BCUT2D eigenvalue weighted by atomic mass is 10.2. The van der Waals surface area contributed by atoms with Crippen LogP contribution in [0.5, 0.6) is 0 Å². The normalized spacial score (nSPS) is 14.5. The van der Waals surface area contributed by atoms with Gasteiger partial charge in [0.25, 0.3) is 0 Å². The van der Waals surface area contributed by atoms with Gasteiger partial charge in [0.1, 0.15) is 0 Å². The molecule has 0 atom stereocenters. The van der Waals surface area contributed by atoms with E-state index in [2.05, 4.69) is 69.2 Å². The maximum atomic E-state index is 6.71. The zero-order chi connectivity index (χ0) is 14.0.